The number of rotatable bonds is 0. The van der Waals surface area contributed by atoms with Gasteiger partial charge in [0.25, 0.3) is 0 Å². The van der Waals surface area contributed by atoms with Crippen LogP contribution in [0.5, 0.6) is 0 Å². The minimum absolute atomic E-state index is 0.250. The highest BCUT2D eigenvalue weighted by atomic mass is 16.7. The second-order valence-corrected chi connectivity index (χ2v) is 2.53. The van der Waals surface area contributed by atoms with Crippen molar-refractivity contribution in [2.75, 3.05) is 13.2 Å². The third-order valence-electron chi connectivity index (χ3n) is 1.57. The molecule has 0 aromatic carbocycles. The van der Waals surface area contributed by atoms with E-state index in [0.717, 1.165) is 0 Å². The van der Waals surface area contributed by atoms with E-state index in [1.807, 2.05) is 0 Å². The van der Waals surface area contributed by atoms with Gasteiger partial charge in [-0.2, -0.15) is 0 Å². The lowest BCUT2D eigenvalue weighted by atomic mass is 10.1. The molecular formula is C7H12O4. The van der Waals surface area contributed by atoms with Crippen molar-refractivity contribution in [3.8, 4) is 0 Å². The number of cyclic esters (lactones) is 2. The molecule has 4 heteroatoms. The van der Waals surface area contributed by atoms with Crippen molar-refractivity contribution in [3.05, 3.63) is 0 Å². The molecule has 1 aliphatic rings. The lowest BCUT2D eigenvalue weighted by Gasteiger charge is -2.05. The third kappa shape index (κ3) is 3.23. The Kier molecular flexibility index (Phi) is 3.16. The summed E-state index contributed by atoms with van der Waals surface area (Å²) >= 11 is 0. The fraction of sp³-hybridized carbons (Fsp3) is 0.857. The smallest absolute Gasteiger partial charge is 0.434 e. The van der Waals surface area contributed by atoms with E-state index in [2.05, 4.69) is 9.47 Å². The molecule has 1 aliphatic heterocycles. The van der Waals surface area contributed by atoms with Crippen molar-refractivity contribution in [1.29, 1.82) is 0 Å². The number of aliphatic hydroxyl groups is 1. The molecule has 11 heavy (non-hydrogen) atoms. The molecule has 1 atom stereocenters. The van der Waals surface area contributed by atoms with Crippen LogP contribution in [0.4, 0.5) is 4.79 Å². The first-order valence-electron chi connectivity index (χ1n) is 3.76. The molecular weight excluding hydrogens is 148 g/mol. The van der Waals surface area contributed by atoms with E-state index in [-0.39, 0.29) is 12.7 Å². The molecule has 0 saturated carbocycles. The first kappa shape index (κ1) is 8.33. The summed E-state index contributed by atoms with van der Waals surface area (Å²) in [6, 6.07) is 0. The molecule has 1 unspecified atom stereocenters. The second-order valence-electron chi connectivity index (χ2n) is 2.53. The van der Waals surface area contributed by atoms with E-state index < -0.39 is 6.16 Å². The molecule has 0 aromatic heterocycles. The fourth-order valence-corrected chi connectivity index (χ4v) is 0.939. The average Bonchev–Trinajstić information content (AvgIpc) is 2.04. The van der Waals surface area contributed by atoms with Gasteiger partial charge in [-0.3, -0.25) is 0 Å². The van der Waals surface area contributed by atoms with Crippen LogP contribution in [0.25, 0.3) is 0 Å². The predicted molar refractivity (Wildman–Crippen MR) is 37.2 cm³/mol. The zero-order chi connectivity index (χ0) is 8.10. The van der Waals surface area contributed by atoms with Gasteiger partial charge in [-0.1, -0.05) is 0 Å². The zero-order valence-corrected chi connectivity index (χ0v) is 6.28. The lowest BCUT2D eigenvalue weighted by Crippen LogP contribution is -2.10. The number of carbonyl (C=O) groups is 1. The maximum Gasteiger partial charge on any atom is 0.508 e. The molecule has 0 spiro atoms. The molecule has 1 fully saturated rings. The summed E-state index contributed by atoms with van der Waals surface area (Å²) in [5.74, 6) is 0. The number of ether oxygens (including phenoxy) is 2. The maximum absolute atomic E-state index is 10.6. The van der Waals surface area contributed by atoms with Crippen molar-refractivity contribution in [1.82, 2.24) is 0 Å². The van der Waals surface area contributed by atoms with E-state index >= 15 is 0 Å². The van der Waals surface area contributed by atoms with Gasteiger partial charge in [0.1, 0.15) is 0 Å². The summed E-state index contributed by atoms with van der Waals surface area (Å²) in [6.45, 7) is 0.593. The van der Waals surface area contributed by atoms with E-state index in [1.54, 1.807) is 0 Å². The fourth-order valence-electron chi connectivity index (χ4n) is 0.939. The zero-order valence-electron chi connectivity index (χ0n) is 6.28. The first-order chi connectivity index (χ1) is 5.29. The Morgan fingerprint density at radius 3 is 2.82 bits per heavy atom. The first-order valence-corrected chi connectivity index (χ1v) is 3.76. The Balaban J connectivity index is 2.29. The largest absolute Gasteiger partial charge is 0.508 e. The summed E-state index contributed by atoms with van der Waals surface area (Å²) < 4.78 is 9.25. The van der Waals surface area contributed by atoms with Crippen molar-refractivity contribution in [3.63, 3.8) is 0 Å². The van der Waals surface area contributed by atoms with Gasteiger partial charge >= 0.3 is 6.16 Å². The van der Waals surface area contributed by atoms with Gasteiger partial charge in [0.2, 0.25) is 0 Å². The average molecular weight is 160 g/mol. The molecule has 1 N–H and O–H groups in total. The monoisotopic (exact) mass is 160 g/mol. The SMILES string of the molecule is O=C1OCCCC(O)CCO1. The van der Waals surface area contributed by atoms with Crippen molar-refractivity contribution in [2.45, 2.75) is 25.4 Å². The van der Waals surface area contributed by atoms with Gasteiger partial charge in [0.05, 0.1) is 19.3 Å². The molecule has 1 rings (SSSR count). The molecule has 0 bridgehead atoms. The van der Waals surface area contributed by atoms with E-state index in [0.29, 0.717) is 25.9 Å². The molecule has 64 valence electrons. The normalized spacial score (nSPS) is 27.4. The Bertz CT molecular complexity index is 134. The van der Waals surface area contributed by atoms with Crippen LogP contribution in [0.3, 0.4) is 0 Å². The van der Waals surface area contributed by atoms with E-state index in [9.17, 15) is 9.90 Å². The van der Waals surface area contributed by atoms with Crippen molar-refractivity contribution < 1.29 is 19.4 Å². The molecule has 0 aliphatic carbocycles. The van der Waals surface area contributed by atoms with Crippen LogP contribution in [0.2, 0.25) is 0 Å². The van der Waals surface area contributed by atoms with Crippen LogP contribution in [0, 0.1) is 0 Å². The van der Waals surface area contributed by atoms with Crippen molar-refractivity contribution >= 4 is 6.16 Å². The van der Waals surface area contributed by atoms with Crippen molar-refractivity contribution in [2.24, 2.45) is 0 Å². The van der Waals surface area contributed by atoms with Gasteiger partial charge in [0, 0.05) is 6.42 Å². The molecule has 0 amide bonds. The molecule has 1 heterocycles. The Morgan fingerprint density at radius 2 is 2.00 bits per heavy atom. The van der Waals surface area contributed by atoms with Crippen LogP contribution >= 0.6 is 0 Å². The molecule has 0 radical (unpaired) electrons. The number of hydrogen-bond acceptors (Lipinski definition) is 4. The maximum atomic E-state index is 10.6. The summed E-state index contributed by atoms with van der Waals surface area (Å²) in [5.41, 5.74) is 0. The van der Waals surface area contributed by atoms with Gasteiger partial charge in [0.15, 0.2) is 0 Å². The standard InChI is InChI=1S/C7H12O4/c8-6-2-1-4-10-7(9)11-5-3-6/h6,8H,1-5H2. The summed E-state index contributed by atoms with van der Waals surface area (Å²) in [7, 11) is 0. The predicted octanol–water partition coefficient (Wildman–Crippen LogP) is 0.684. The minimum Gasteiger partial charge on any atom is -0.434 e. The van der Waals surface area contributed by atoms with Gasteiger partial charge in [-0.15, -0.1) is 0 Å². The Labute approximate surface area is 65.1 Å². The highest BCUT2D eigenvalue weighted by molar-refractivity contribution is 5.59. The van der Waals surface area contributed by atoms with Gasteiger partial charge in [-0.25, -0.2) is 4.79 Å². The van der Waals surface area contributed by atoms with Crippen LogP contribution in [-0.4, -0.2) is 30.6 Å². The van der Waals surface area contributed by atoms with Gasteiger partial charge in [-0.05, 0) is 12.8 Å². The number of hydrogen-bond donors (Lipinski definition) is 1. The topological polar surface area (TPSA) is 55.8 Å². The number of carbonyl (C=O) groups excluding carboxylic acids is 1. The summed E-state index contributed by atoms with van der Waals surface area (Å²) in [6.07, 6.45) is 0.908. The summed E-state index contributed by atoms with van der Waals surface area (Å²) in [5, 5.41) is 9.18. The quantitative estimate of drug-likeness (QED) is 0.529. The van der Waals surface area contributed by atoms with Crippen LogP contribution < -0.4 is 0 Å². The highest BCUT2D eigenvalue weighted by Crippen LogP contribution is 2.05. The third-order valence-corrected chi connectivity index (χ3v) is 1.57. The summed E-state index contributed by atoms with van der Waals surface area (Å²) in [4.78, 5) is 10.6. The Morgan fingerprint density at radius 1 is 1.27 bits per heavy atom. The number of aliphatic hydroxyl groups excluding tert-OH is 1. The van der Waals surface area contributed by atoms with E-state index in [4.69, 9.17) is 0 Å². The highest BCUT2D eigenvalue weighted by Gasteiger charge is 2.11. The van der Waals surface area contributed by atoms with E-state index in [1.165, 1.54) is 0 Å². The lowest BCUT2D eigenvalue weighted by molar-refractivity contribution is 0.0545. The molecule has 1 saturated heterocycles. The molecule has 0 aromatic rings. The van der Waals surface area contributed by atoms with Crippen LogP contribution in [0.15, 0.2) is 0 Å². The second kappa shape index (κ2) is 4.18. The van der Waals surface area contributed by atoms with Gasteiger partial charge < -0.3 is 14.6 Å². The van der Waals surface area contributed by atoms with Crippen LogP contribution in [0.1, 0.15) is 19.3 Å². The van der Waals surface area contributed by atoms with Crippen LogP contribution in [-0.2, 0) is 9.47 Å². The minimum atomic E-state index is -0.626. The molecule has 4 nitrogen and oxygen atoms in total. The Hall–Kier alpha value is -0.770.